The second kappa shape index (κ2) is 5.27. The number of para-hydroxylation sites is 1. The Hall–Kier alpha value is -1.74. The largest absolute Gasteiger partial charge is 0.396 e. The van der Waals surface area contributed by atoms with Crippen molar-refractivity contribution in [3.8, 4) is 0 Å². The topological polar surface area (TPSA) is 50.2 Å². The molecule has 3 heteroatoms. The molecule has 0 aliphatic rings. The van der Waals surface area contributed by atoms with E-state index in [-0.39, 0.29) is 12.4 Å². The van der Waals surface area contributed by atoms with Crippen molar-refractivity contribution >= 4 is 16.7 Å². The Balaban J connectivity index is 2.72. The molecule has 0 saturated carbocycles. The maximum absolute atomic E-state index is 11.8. The molecule has 2 rings (SSSR count). The maximum Gasteiger partial charge on any atom is 0.161 e. The van der Waals surface area contributed by atoms with Gasteiger partial charge in [-0.3, -0.25) is 9.78 Å². The van der Waals surface area contributed by atoms with Crippen LogP contribution in [-0.2, 0) is 6.42 Å². The van der Waals surface area contributed by atoms with Crippen LogP contribution in [0.5, 0.6) is 0 Å². The van der Waals surface area contributed by atoms with Gasteiger partial charge in [-0.15, -0.1) is 0 Å². The van der Waals surface area contributed by atoms with Gasteiger partial charge in [0.25, 0.3) is 0 Å². The van der Waals surface area contributed by atoms with Crippen LogP contribution >= 0.6 is 0 Å². The molecular formula is C15H17NO2. The van der Waals surface area contributed by atoms with Crippen molar-refractivity contribution in [2.24, 2.45) is 0 Å². The van der Waals surface area contributed by atoms with E-state index in [1.165, 1.54) is 0 Å². The molecule has 0 bridgehead atoms. The van der Waals surface area contributed by atoms with E-state index in [4.69, 9.17) is 5.11 Å². The molecule has 18 heavy (non-hydrogen) atoms. The first-order valence-corrected chi connectivity index (χ1v) is 6.15. The highest BCUT2D eigenvalue weighted by molar-refractivity contribution is 6.01. The highest BCUT2D eigenvalue weighted by Crippen LogP contribution is 2.25. The minimum atomic E-state index is 0.0405. The SMILES string of the molecule is CC(=O)c1c(C)nc2ccccc2c1CCCO. The van der Waals surface area contributed by atoms with Crippen LogP contribution in [0.25, 0.3) is 10.9 Å². The van der Waals surface area contributed by atoms with Gasteiger partial charge < -0.3 is 5.11 Å². The van der Waals surface area contributed by atoms with E-state index in [2.05, 4.69) is 4.98 Å². The number of benzene rings is 1. The Morgan fingerprint density at radius 3 is 2.72 bits per heavy atom. The van der Waals surface area contributed by atoms with Gasteiger partial charge in [-0.25, -0.2) is 0 Å². The van der Waals surface area contributed by atoms with Gasteiger partial charge in [0, 0.05) is 23.3 Å². The number of aromatic nitrogens is 1. The second-order valence-electron chi connectivity index (χ2n) is 4.45. The predicted octanol–water partition coefficient (Wildman–Crippen LogP) is 2.67. The van der Waals surface area contributed by atoms with Gasteiger partial charge in [-0.05, 0) is 38.3 Å². The monoisotopic (exact) mass is 243 g/mol. The van der Waals surface area contributed by atoms with Crippen LogP contribution in [-0.4, -0.2) is 22.5 Å². The average molecular weight is 243 g/mol. The van der Waals surface area contributed by atoms with Crippen LogP contribution in [0.4, 0.5) is 0 Å². The number of nitrogens with zero attached hydrogens (tertiary/aromatic N) is 1. The molecule has 0 aliphatic heterocycles. The lowest BCUT2D eigenvalue weighted by molar-refractivity contribution is 0.101. The molecule has 1 heterocycles. The van der Waals surface area contributed by atoms with Gasteiger partial charge in [-0.1, -0.05) is 18.2 Å². The molecule has 1 aromatic carbocycles. The highest BCUT2D eigenvalue weighted by Gasteiger charge is 2.15. The molecular weight excluding hydrogens is 226 g/mol. The lowest BCUT2D eigenvalue weighted by Crippen LogP contribution is -2.07. The zero-order chi connectivity index (χ0) is 13.1. The van der Waals surface area contributed by atoms with Gasteiger partial charge in [0.15, 0.2) is 5.78 Å². The highest BCUT2D eigenvalue weighted by atomic mass is 16.2. The quantitative estimate of drug-likeness (QED) is 0.840. The van der Waals surface area contributed by atoms with Gasteiger partial charge in [0.1, 0.15) is 0 Å². The number of fused-ring (bicyclic) bond motifs is 1. The van der Waals surface area contributed by atoms with Gasteiger partial charge in [0.05, 0.1) is 5.52 Å². The van der Waals surface area contributed by atoms with Crippen molar-refractivity contribution < 1.29 is 9.90 Å². The Labute approximate surface area is 106 Å². The summed E-state index contributed by atoms with van der Waals surface area (Å²) in [5, 5.41) is 10.0. The fourth-order valence-corrected chi connectivity index (χ4v) is 2.40. The molecule has 3 nitrogen and oxygen atoms in total. The number of hydrogen-bond donors (Lipinski definition) is 1. The van der Waals surface area contributed by atoms with E-state index in [1.807, 2.05) is 31.2 Å². The summed E-state index contributed by atoms with van der Waals surface area (Å²) in [6.45, 7) is 3.57. The van der Waals surface area contributed by atoms with Crippen molar-refractivity contribution in [1.82, 2.24) is 4.98 Å². The van der Waals surface area contributed by atoms with E-state index in [0.29, 0.717) is 18.4 Å². The van der Waals surface area contributed by atoms with E-state index >= 15 is 0 Å². The van der Waals surface area contributed by atoms with E-state index in [9.17, 15) is 4.79 Å². The second-order valence-corrected chi connectivity index (χ2v) is 4.45. The number of aryl methyl sites for hydroxylation is 2. The minimum absolute atomic E-state index is 0.0405. The fourth-order valence-electron chi connectivity index (χ4n) is 2.40. The number of carbonyl (C=O) groups is 1. The third-order valence-electron chi connectivity index (χ3n) is 3.12. The van der Waals surface area contributed by atoms with Crippen molar-refractivity contribution in [2.45, 2.75) is 26.7 Å². The number of aliphatic hydroxyl groups is 1. The van der Waals surface area contributed by atoms with E-state index < -0.39 is 0 Å². The lowest BCUT2D eigenvalue weighted by atomic mass is 9.95. The summed E-state index contributed by atoms with van der Waals surface area (Å²) >= 11 is 0. The van der Waals surface area contributed by atoms with Crippen LogP contribution in [0, 0.1) is 6.92 Å². The molecule has 0 aliphatic carbocycles. The molecule has 0 saturated heterocycles. The number of carbonyl (C=O) groups excluding carboxylic acids is 1. The first kappa shape index (κ1) is 12.7. The van der Waals surface area contributed by atoms with Gasteiger partial charge in [-0.2, -0.15) is 0 Å². The first-order chi connectivity index (χ1) is 8.65. The summed E-state index contributed by atoms with van der Waals surface area (Å²) in [5.74, 6) is 0.0405. The Bertz CT molecular complexity index is 590. The third-order valence-corrected chi connectivity index (χ3v) is 3.12. The summed E-state index contributed by atoms with van der Waals surface area (Å²) < 4.78 is 0. The fraction of sp³-hybridized carbons (Fsp3) is 0.333. The summed E-state index contributed by atoms with van der Waals surface area (Å²) in [4.78, 5) is 16.3. The minimum Gasteiger partial charge on any atom is -0.396 e. The van der Waals surface area contributed by atoms with Crippen molar-refractivity contribution in [2.75, 3.05) is 6.61 Å². The van der Waals surface area contributed by atoms with Crippen LogP contribution in [0.1, 0.15) is 35.0 Å². The number of hydrogen-bond acceptors (Lipinski definition) is 3. The summed E-state index contributed by atoms with van der Waals surface area (Å²) in [7, 11) is 0. The Morgan fingerprint density at radius 2 is 2.06 bits per heavy atom. The number of rotatable bonds is 4. The number of pyridine rings is 1. The molecule has 94 valence electrons. The van der Waals surface area contributed by atoms with Crippen LogP contribution < -0.4 is 0 Å². The summed E-state index contributed by atoms with van der Waals surface area (Å²) in [6.07, 6.45) is 1.36. The molecule has 0 unspecified atom stereocenters. The Morgan fingerprint density at radius 1 is 1.33 bits per heavy atom. The molecule has 1 aromatic heterocycles. The molecule has 1 N–H and O–H groups in total. The van der Waals surface area contributed by atoms with Crippen molar-refractivity contribution in [3.63, 3.8) is 0 Å². The Kier molecular flexibility index (Phi) is 3.72. The maximum atomic E-state index is 11.8. The first-order valence-electron chi connectivity index (χ1n) is 6.15. The van der Waals surface area contributed by atoms with Gasteiger partial charge in [0.2, 0.25) is 0 Å². The summed E-state index contributed by atoms with van der Waals surface area (Å²) in [5.41, 5.74) is 3.41. The zero-order valence-corrected chi connectivity index (χ0v) is 10.7. The third kappa shape index (κ3) is 2.27. The zero-order valence-electron chi connectivity index (χ0n) is 10.7. The number of Topliss-reactive ketones (excluding diaryl/α,β-unsaturated/α-hetero) is 1. The molecule has 0 amide bonds. The molecule has 0 radical (unpaired) electrons. The van der Waals surface area contributed by atoms with Crippen molar-refractivity contribution in [3.05, 3.63) is 41.1 Å². The lowest BCUT2D eigenvalue weighted by Gasteiger charge is -2.13. The van der Waals surface area contributed by atoms with Crippen LogP contribution in [0.3, 0.4) is 0 Å². The van der Waals surface area contributed by atoms with E-state index in [0.717, 1.165) is 22.2 Å². The molecule has 0 atom stereocenters. The standard InChI is InChI=1S/C15H17NO2/c1-10-15(11(2)18)13(7-5-9-17)12-6-3-4-8-14(12)16-10/h3-4,6,8,17H,5,7,9H2,1-2H3. The normalized spacial score (nSPS) is 10.8. The molecule has 0 fully saturated rings. The van der Waals surface area contributed by atoms with Crippen LogP contribution in [0.2, 0.25) is 0 Å². The predicted molar refractivity (Wildman–Crippen MR) is 71.9 cm³/mol. The molecule has 2 aromatic rings. The number of aliphatic hydroxyl groups excluding tert-OH is 1. The number of ketones is 1. The van der Waals surface area contributed by atoms with Crippen molar-refractivity contribution in [1.29, 1.82) is 0 Å². The van der Waals surface area contributed by atoms with E-state index in [1.54, 1.807) is 6.92 Å². The summed E-state index contributed by atoms with van der Waals surface area (Å²) in [6, 6.07) is 7.83. The van der Waals surface area contributed by atoms with Crippen LogP contribution in [0.15, 0.2) is 24.3 Å². The smallest absolute Gasteiger partial charge is 0.161 e. The molecule has 0 spiro atoms. The van der Waals surface area contributed by atoms with Gasteiger partial charge >= 0.3 is 0 Å². The average Bonchev–Trinajstić information content (AvgIpc) is 2.34.